The van der Waals surface area contributed by atoms with Crippen LogP contribution in [0, 0.1) is 6.92 Å². The van der Waals surface area contributed by atoms with E-state index in [9.17, 15) is 0 Å². The molecule has 0 atom stereocenters. The highest BCUT2D eigenvalue weighted by Gasteiger charge is 2.26. The molecule has 1 saturated carbocycles. The van der Waals surface area contributed by atoms with Crippen molar-refractivity contribution in [3.8, 4) is 0 Å². The number of hydrogen-bond acceptors (Lipinski definition) is 3. The Morgan fingerprint density at radius 3 is 2.82 bits per heavy atom. The van der Waals surface area contributed by atoms with E-state index in [1.54, 1.807) is 0 Å². The molecule has 1 aliphatic rings. The summed E-state index contributed by atoms with van der Waals surface area (Å²) in [7, 11) is 0. The average molecular weight is 298 g/mol. The Morgan fingerprint density at radius 2 is 2.29 bits per heavy atom. The summed E-state index contributed by atoms with van der Waals surface area (Å²) in [5.74, 6) is 1.13. The van der Waals surface area contributed by atoms with Crippen molar-refractivity contribution >= 4 is 21.7 Å². The Hall–Kier alpha value is -0.610. The number of aryl methyl sites for hydroxylation is 1. The Balaban J connectivity index is 2.17. The zero-order chi connectivity index (χ0) is 12.3. The SMILES string of the molecule is Cc1cc(Br)cnc1N(CCCN)C1CCC1. The van der Waals surface area contributed by atoms with Gasteiger partial charge in [0.15, 0.2) is 0 Å². The minimum atomic E-state index is 0.675. The lowest BCUT2D eigenvalue weighted by Gasteiger charge is -2.39. The van der Waals surface area contributed by atoms with Gasteiger partial charge in [0.2, 0.25) is 0 Å². The second-order valence-electron chi connectivity index (χ2n) is 4.71. The molecule has 17 heavy (non-hydrogen) atoms. The summed E-state index contributed by atoms with van der Waals surface area (Å²) in [4.78, 5) is 7.01. The lowest BCUT2D eigenvalue weighted by atomic mass is 9.91. The summed E-state index contributed by atoms with van der Waals surface area (Å²) >= 11 is 3.47. The van der Waals surface area contributed by atoms with E-state index in [1.165, 1.54) is 24.8 Å². The predicted octanol–water partition coefficient (Wildman–Crippen LogP) is 2.86. The van der Waals surface area contributed by atoms with Crippen LogP contribution in [0.1, 0.15) is 31.2 Å². The van der Waals surface area contributed by atoms with E-state index in [0.717, 1.165) is 29.8 Å². The highest BCUT2D eigenvalue weighted by atomic mass is 79.9. The van der Waals surface area contributed by atoms with Gasteiger partial charge in [-0.05, 0) is 66.7 Å². The molecule has 0 radical (unpaired) electrons. The van der Waals surface area contributed by atoms with Crippen molar-refractivity contribution in [2.45, 2.75) is 38.6 Å². The van der Waals surface area contributed by atoms with Crippen molar-refractivity contribution in [1.82, 2.24) is 4.98 Å². The molecule has 2 rings (SSSR count). The van der Waals surface area contributed by atoms with Gasteiger partial charge in [-0.3, -0.25) is 0 Å². The first-order valence-electron chi connectivity index (χ1n) is 6.31. The maximum Gasteiger partial charge on any atom is 0.131 e. The fourth-order valence-corrected chi connectivity index (χ4v) is 2.70. The van der Waals surface area contributed by atoms with Gasteiger partial charge in [0, 0.05) is 23.3 Å². The van der Waals surface area contributed by atoms with Gasteiger partial charge in [-0.25, -0.2) is 4.98 Å². The van der Waals surface area contributed by atoms with Gasteiger partial charge in [-0.2, -0.15) is 0 Å². The highest BCUT2D eigenvalue weighted by molar-refractivity contribution is 9.10. The summed E-state index contributed by atoms with van der Waals surface area (Å²) < 4.78 is 1.05. The topological polar surface area (TPSA) is 42.2 Å². The molecule has 1 fully saturated rings. The van der Waals surface area contributed by atoms with Crippen LogP contribution in [0.25, 0.3) is 0 Å². The van der Waals surface area contributed by atoms with Gasteiger partial charge in [0.25, 0.3) is 0 Å². The molecule has 0 aliphatic heterocycles. The van der Waals surface area contributed by atoms with Crippen molar-refractivity contribution < 1.29 is 0 Å². The zero-order valence-electron chi connectivity index (χ0n) is 10.3. The minimum absolute atomic E-state index is 0.675. The largest absolute Gasteiger partial charge is 0.353 e. The van der Waals surface area contributed by atoms with E-state index >= 15 is 0 Å². The highest BCUT2D eigenvalue weighted by Crippen LogP contribution is 2.31. The van der Waals surface area contributed by atoms with Crippen LogP contribution in [-0.4, -0.2) is 24.1 Å². The number of anilines is 1. The molecule has 0 spiro atoms. The monoisotopic (exact) mass is 297 g/mol. The average Bonchev–Trinajstić information content (AvgIpc) is 2.22. The number of halogens is 1. The normalized spacial score (nSPS) is 15.7. The van der Waals surface area contributed by atoms with Crippen LogP contribution in [0.3, 0.4) is 0 Å². The summed E-state index contributed by atoms with van der Waals surface area (Å²) in [6.07, 6.45) is 6.85. The minimum Gasteiger partial charge on any atom is -0.353 e. The molecule has 3 nitrogen and oxygen atoms in total. The standard InChI is InChI=1S/C13H20BrN3/c1-10-8-11(14)9-16-13(10)17(7-3-6-15)12-4-2-5-12/h8-9,12H,2-7,15H2,1H3. The third-order valence-corrected chi connectivity index (χ3v) is 3.84. The lowest BCUT2D eigenvalue weighted by molar-refractivity contribution is 0.382. The molecule has 94 valence electrons. The summed E-state index contributed by atoms with van der Waals surface area (Å²) in [6.45, 7) is 3.90. The zero-order valence-corrected chi connectivity index (χ0v) is 11.9. The van der Waals surface area contributed by atoms with E-state index < -0.39 is 0 Å². The van der Waals surface area contributed by atoms with Crippen LogP contribution in [0.15, 0.2) is 16.7 Å². The van der Waals surface area contributed by atoms with Crippen LogP contribution in [0.5, 0.6) is 0 Å². The second-order valence-corrected chi connectivity index (χ2v) is 5.63. The van der Waals surface area contributed by atoms with Gasteiger partial charge in [-0.1, -0.05) is 0 Å². The summed E-state index contributed by atoms with van der Waals surface area (Å²) in [6, 6.07) is 2.81. The number of pyridine rings is 1. The molecule has 2 N–H and O–H groups in total. The molecule has 1 heterocycles. The van der Waals surface area contributed by atoms with Gasteiger partial charge >= 0.3 is 0 Å². The van der Waals surface area contributed by atoms with E-state index in [1.807, 2.05) is 6.20 Å². The van der Waals surface area contributed by atoms with E-state index in [-0.39, 0.29) is 0 Å². The van der Waals surface area contributed by atoms with Crippen molar-refractivity contribution in [3.63, 3.8) is 0 Å². The first-order valence-corrected chi connectivity index (χ1v) is 7.10. The Kier molecular flexibility index (Phi) is 4.40. The van der Waals surface area contributed by atoms with Crippen molar-refractivity contribution in [1.29, 1.82) is 0 Å². The second kappa shape index (κ2) is 5.83. The van der Waals surface area contributed by atoms with Crippen LogP contribution in [-0.2, 0) is 0 Å². The van der Waals surface area contributed by atoms with Crippen LogP contribution >= 0.6 is 15.9 Å². The molecule has 0 amide bonds. The van der Waals surface area contributed by atoms with Crippen LogP contribution in [0.2, 0.25) is 0 Å². The number of rotatable bonds is 5. The Bertz CT molecular complexity index is 377. The first kappa shape index (κ1) is 12.8. The van der Waals surface area contributed by atoms with E-state index in [4.69, 9.17) is 5.73 Å². The van der Waals surface area contributed by atoms with Crippen LogP contribution in [0.4, 0.5) is 5.82 Å². The molecule has 1 aliphatic carbocycles. The van der Waals surface area contributed by atoms with Crippen molar-refractivity contribution in [2.24, 2.45) is 5.73 Å². The van der Waals surface area contributed by atoms with Gasteiger partial charge in [0.1, 0.15) is 5.82 Å². The fourth-order valence-electron chi connectivity index (χ4n) is 2.26. The summed E-state index contributed by atoms with van der Waals surface area (Å²) in [5.41, 5.74) is 6.86. The maximum atomic E-state index is 5.62. The van der Waals surface area contributed by atoms with E-state index in [2.05, 4.69) is 38.8 Å². The van der Waals surface area contributed by atoms with E-state index in [0.29, 0.717) is 6.04 Å². The quantitative estimate of drug-likeness (QED) is 0.909. The number of hydrogen-bond donors (Lipinski definition) is 1. The Morgan fingerprint density at radius 1 is 1.53 bits per heavy atom. The Labute approximate surface area is 112 Å². The number of nitrogens with zero attached hydrogens (tertiary/aromatic N) is 2. The predicted molar refractivity (Wildman–Crippen MR) is 75.3 cm³/mol. The molecule has 1 aromatic rings. The third-order valence-electron chi connectivity index (χ3n) is 3.41. The molecular formula is C13H20BrN3. The van der Waals surface area contributed by atoms with Crippen LogP contribution < -0.4 is 10.6 Å². The van der Waals surface area contributed by atoms with Gasteiger partial charge in [-0.15, -0.1) is 0 Å². The molecule has 0 aromatic carbocycles. The van der Waals surface area contributed by atoms with Crippen molar-refractivity contribution in [2.75, 3.05) is 18.0 Å². The lowest BCUT2D eigenvalue weighted by Crippen LogP contribution is -2.42. The van der Waals surface area contributed by atoms with Crippen molar-refractivity contribution in [3.05, 3.63) is 22.3 Å². The number of aromatic nitrogens is 1. The number of nitrogens with two attached hydrogens (primary N) is 1. The smallest absolute Gasteiger partial charge is 0.131 e. The molecule has 0 saturated heterocycles. The molecule has 0 bridgehead atoms. The van der Waals surface area contributed by atoms with Gasteiger partial charge < -0.3 is 10.6 Å². The van der Waals surface area contributed by atoms with Gasteiger partial charge in [0.05, 0.1) is 0 Å². The molecule has 1 aromatic heterocycles. The summed E-state index contributed by atoms with van der Waals surface area (Å²) in [5, 5.41) is 0. The fraction of sp³-hybridized carbons (Fsp3) is 0.615. The first-order chi connectivity index (χ1) is 8.22. The maximum absolute atomic E-state index is 5.62. The molecule has 0 unspecified atom stereocenters. The molecule has 4 heteroatoms. The third kappa shape index (κ3) is 2.99. The molecular weight excluding hydrogens is 278 g/mol.